The molecule has 0 aliphatic heterocycles. The molecule has 2 aromatic rings. The van der Waals surface area contributed by atoms with Gasteiger partial charge < -0.3 is 10.5 Å². The smallest absolute Gasteiger partial charge is 0.132 e. The summed E-state index contributed by atoms with van der Waals surface area (Å²) < 4.78 is 5.30. The van der Waals surface area contributed by atoms with Gasteiger partial charge in [-0.2, -0.15) is 0 Å². The van der Waals surface area contributed by atoms with Crippen molar-refractivity contribution < 1.29 is 4.74 Å². The van der Waals surface area contributed by atoms with Crippen LogP contribution >= 0.6 is 11.8 Å². The van der Waals surface area contributed by atoms with Crippen LogP contribution in [0.2, 0.25) is 0 Å². The number of methoxy groups -OCH3 is 1. The molecule has 0 fully saturated rings. The van der Waals surface area contributed by atoms with Crippen molar-refractivity contribution in [2.24, 2.45) is 0 Å². The van der Waals surface area contributed by atoms with Crippen molar-refractivity contribution in [3.8, 4) is 5.75 Å². The normalized spacial score (nSPS) is 10.1. The molecule has 0 saturated carbocycles. The molecule has 0 unspecified atom stereocenters. The molecule has 0 bridgehead atoms. The average molecular weight is 231 g/mol. The Morgan fingerprint density at radius 2 is 1.88 bits per heavy atom. The molecule has 3 heteroatoms. The number of nitrogens with two attached hydrogens (primary N) is 1. The van der Waals surface area contributed by atoms with Gasteiger partial charge in [0.1, 0.15) is 5.75 Å². The fourth-order valence-corrected chi connectivity index (χ4v) is 2.40. The van der Waals surface area contributed by atoms with Crippen LogP contribution in [-0.2, 0) is 0 Å². The molecule has 2 nitrogen and oxygen atoms in total. The van der Waals surface area contributed by atoms with Crippen molar-refractivity contribution in [1.29, 1.82) is 0 Å². The number of hydrogen-bond donors (Lipinski definition) is 1. The second-order valence-electron chi connectivity index (χ2n) is 3.33. The highest BCUT2D eigenvalue weighted by Crippen LogP contribution is 2.34. The number of anilines is 1. The third-order valence-electron chi connectivity index (χ3n) is 2.15. The Hall–Kier alpha value is -1.61. The van der Waals surface area contributed by atoms with Crippen molar-refractivity contribution in [2.45, 2.75) is 9.79 Å². The number of para-hydroxylation sites is 1. The maximum atomic E-state index is 5.74. The summed E-state index contributed by atoms with van der Waals surface area (Å²) in [4.78, 5) is 2.21. The monoisotopic (exact) mass is 231 g/mol. The van der Waals surface area contributed by atoms with Gasteiger partial charge in [-0.25, -0.2) is 0 Å². The molecule has 2 aromatic carbocycles. The third kappa shape index (κ3) is 2.49. The first-order valence-corrected chi connectivity index (χ1v) is 5.77. The van der Waals surface area contributed by atoms with E-state index in [0.29, 0.717) is 0 Å². The summed E-state index contributed by atoms with van der Waals surface area (Å²) in [6, 6.07) is 15.8. The van der Waals surface area contributed by atoms with Crippen LogP contribution in [0.3, 0.4) is 0 Å². The van der Waals surface area contributed by atoms with E-state index in [1.165, 1.54) is 0 Å². The number of ether oxygens (including phenoxy) is 1. The largest absolute Gasteiger partial charge is 0.496 e. The van der Waals surface area contributed by atoms with Crippen LogP contribution in [0.4, 0.5) is 5.69 Å². The fourth-order valence-electron chi connectivity index (χ4n) is 1.41. The highest BCUT2D eigenvalue weighted by Gasteiger charge is 2.03. The second-order valence-corrected chi connectivity index (χ2v) is 4.44. The quantitative estimate of drug-likeness (QED) is 0.822. The Balaban J connectivity index is 2.26. The van der Waals surface area contributed by atoms with E-state index in [4.69, 9.17) is 10.5 Å². The van der Waals surface area contributed by atoms with E-state index >= 15 is 0 Å². The van der Waals surface area contributed by atoms with Gasteiger partial charge in [0.15, 0.2) is 0 Å². The van der Waals surface area contributed by atoms with Gasteiger partial charge in [-0.1, -0.05) is 30.0 Å². The Labute approximate surface area is 99.4 Å². The Bertz CT molecular complexity index is 485. The Morgan fingerprint density at radius 1 is 1.06 bits per heavy atom. The van der Waals surface area contributed by atoms with Gasteiger partial charge in [-0.05, 0) is 30.3 Å². The first-order valence-electron chi connectivity index (χ1n) is 4.96. The molecule has 82 valence electrons. The predicted octanol–water partition coefficient (Wildman–Crippen LogP) is 3.43. The van der Waals surface area contributed by atoms with Crippen LogP contribution in [0.15, 0.2) is 58.3 Å². The lowest BCUT2D eigenvalue weighted by Crippen LogP contribution is -1.86. The van der Waals surface area contributed by atoms with Gasteiger partial charge in [-0.15, -0.1) is 0 Å². The van der Waals surface area contributed by atoms with Crippen molar-refractivity contribution in [2.75, 3.05) is 12.8 Å². The van der Waals surface area contributed by atoms with Crippen LogP contribution in [0, 0.1) is 0 Å². The summed E-state index contributed by atoms with van der Waals surface area (Å²) in [5.74, 6) is 0.884. The number of nitrogen functional groups attached to an aromatic ring is 1. The fraction of sp³-hybridized carbons (Fsp3) is 0.0769. The summed E-state index contributed by atoms with van der Waals surface area (Å²) >= 11 is 1.65. The van der Waals surface area contributed by atoms with Crippen molar-refractivity contribution in [1.82, 2.24) is 0 Å². The lowest BCUT2D eigenvalue weighted by Gasteiger charge is -2.07. The van der Waals surface area contributed by atoms with Gasteiger partial charge >= 0.3 is 0 Å². The topological polar surface area (TPSA) is 35.2 Å². The van der Waals surface area contributed by atoms with Gasteiger partial charge in [0.05, 0.1) is 12.0 Å². The van der Waals surface area contributed by atoms with E-state index in [1.54, 1.807) is 18.9 Å². The van der Waals surface area contributed by atoms with Crippen molar-refractivity contribution in [3.63, 3.8) is 0 Å². The molecular weight excluding hydrogens is 218 g/mol. The zero-order valence-corrected chi connectivity index (χ0v) is 9.83. The first-order chi connectivity index (χ1) is 7.79. The molecule has 0 atom stereocenters. The van der Waals surface area contributed by atoms with Crippen LogP contribution < -0.4 is 10.5 Å². The zero-order chi connectivity index (χ0) is 11.4. The number of benzene rings is 2. The second kappa shape index (κ2) is 4.94. The molecule has 0 radical (unpaired) electrons. The molecule has 0 aliphatic carbocycles. The number of hydrogen-bond acceptors (Lipinski definition) is 3. The molecule has 2 N–H and O–H groups in total. The van der Waals surface area contributed by atoms with Gasteiger partial charge in [-0.3, -0.25) is 0 Å². The Kier molecular flexibility index (Phi) is 3.37. The van der Waals surface area contributed by atoms with E-state index in [2.05, 4.69) is 0 Å². The molecule has 0 amide bonds. The van der Waals surface area contributed by atoms with E-state index in [1.807, 2.05) is 48.5 Å². The predicted molar refractivity (Wildman–Crippen MR) is 68.0 cm³/mol. The van der Waals surface area contributed by atoms with E-state index < -0.39 is 0 Å². The number of rotatable bonds is 3. The van der Waals surface area contributed by atoms with Crippen LogP contribution in [0.5, 0.6) is 5.75 Å². The van der Waals surface area contributed by atoms with E-state index in [0.717, 1.165) is 21.2 Å². The summed E-state index contributed by atoms with van der Waals surface area (Å²) in [5, 5.41) is 0. The lowest BCUT2D eigenvalue weighted by molar-refractivity contribution is 0.405. The molecule has 16 heavy (non-hydrogen) atoms. The minimum Gasteiger partial charge on any atom is -0.496 e. The Morgan fingerprint density at radius 3 is 2.62 bits per heavy atom. The van der Waals surface area contributed by atoms with Crippen LogP contribution in [-0.4, -0.2) is 7.11 Å². The standard InChI is InChI=1S/C13H13NOS/c1-15-12-7-2-3-8-13(12)16-11-6-4-5-10(14)9-11/h2-9H,14H2,1H3. The zero-order valence-electron chi connectivity index (χ0n) is 9.01. The molecular formula is C13H13NOS. The summed E-state index contributed by atoms with van der Waals surface area (Å²) in [7, 11) is 1.68. The summed E-state index contributed by atoms with van der Waals surface area (Å²) in [6.07, 6.45) is 0. The minimum atomic E-state index is 0.778. The van der Waals surface area contributed by atoms with Gasteiger partial charge in [0.25, 0.3) is 0 Å². The maximum Gasteiger partial charge on any atom is 0.132 e. The summed E-state index contributed by atoms with van der Waals surface area (Å²) in [6.45, 7) is 0. The van der Waals surface area contributed by atoms with Crippen molar-refractivity contribution in [3.05, 3.63) is 48.5 Å². The maximum absolute atomic E-state index is 5.74. The molecule has 0 saturated heterocycles. The van der Waals surface area contributed by atoms with Gasteiger partial charge in [0, 0.05) is 10.6 Å². The molecule has 2 rings (SSSR count). The SMILES string of the molecule is COc1ccccc1Sc1cccc(N)c1. The first kappa shape index (κ1) is 10.9. The third-order valence-corrected chi connectivity index (χ3v) is 3.20. The molecule has 0 spiro atoms. The molecule has 0 aliphatic rings. The van der Waals surface area contributed by atoms with E-state index in [-0.39, 0.29) is 0 Å². The highest BCUT2D eigenvalue weighted by atomic mass is 32.2. The van der Waals surface area contributed by atoms with Crippen molar-refractivity contribution >= 4 is 17.4 Å². The molecule has 0 heterocycles. The van der Waals surface area contributed by atoms with E-state index in [9.17, 15) is 0 Å². The lowest BCUT2D eigenvalue weighted by atomic mass is 10.3. The molecule has 0 aromatic heterocycles. The average Bonchev–Trinajstić information content (AvgIpc) is 2.30. The highest BCUT2D eigenvalue weighted by molar-refractivity contribution is 7.99. The minimum absolute atomic E-state index is 0.778. The van der Waals surface area contributed by atoms with Crippen LogP contribution in [0.1, 0.15) is 0 Å². The van der Waals surface area contributed by atoms with Crippen LogP contribution in [0.25, 0.3) is 0 Å². The summed E-state index contributed by atoms with van der Waals surface area (Å²) in [5.41, 5.74) is 6.52. The van der Waals surface area contributed by atoms with Gasteiger partial charge in [0.2, 0.25) is 0 Å².